The molecule has 0 aromatic heterocycles. The lowest BCUT2D eigenvalue weighted by Crippen LogP contribution is -2.03. The Morgan fingerprint density at radius 2 is 1.67 bits per heavy atom. The smallest absolute Gasteiger partial charge is 0.0699 e. The highest BCUT2D eigenvalue weighted by atomic mass is 79.9. The normalized spacial score (nSPS) is 14.6. The van der Waals surface area contributed by atoms with Gasteiger partial charge in [-0.3, -0.25) is 0 Å². The van der Waals surface area contributed by atoms with Gasteiger partial charge in [0.25, 0.3) is 0 Å². The van der Waals surface area contributed by atoms with E-state index < -0.39 is 0 Å². The van der Waals surface area contributed by atoms with Gasteiger partial charge in [-0.1, -0.05) is 46.3 Å². The standard InChI is InChI=1S/C19H17BrO/c20-18-10-7-13-6-8-15-14-4-2-1-3-12(14)5-9-16(15)19(13)17(18)11-21/h5-10,21H,1-4,11H2. The predicted octanol–water partition coefficient (Wildman–Crippen LogP) is 5.13. The number of benzene rings is 3. The molecule has 0 spiro atoms. The second-order valence-electron chi connectivity index (χ2n) is 5.85. The van der Waals surface area contributed by atoms with Gasteiger partial charge in [-0.2, -0.15) is 0 Å². The van der Waals surface area contributed by atoms with Gasteiger partial charge in [-0.05, 0) is 64.4 Å². The number of aliphatic hydroxyl groups is 1. The fraction of sp³-hybridized carbons (Fsp3) is 0.263. The van der Waals surface area contributed by atoms with Crippen LogP contribution in [0.25, 0.3) is 21.5 Å². The van der Waals surface area contributed by atoms with Crippen LogP contribution in [0.1, 0.15) is 29.5 Å². The summed E-state index contributed by atoms with van der Waals surface area (Å²) in [4.78, 5) is 0. The van der Waals surface area contributed by atoms with E-state index in [1.54, 1.807) is 0 Å². The predicted molar refractivity (Wildman–Crippen MR) is 91.7 cm³/mol. The largest absolute Gasteiger partial charge is 0.392 e. The molecule has 21 heavy (non-hydrogen) atoms. The average molecular weight is 341 g/mol. The van der Waals surface area contributed by atoms with E-state index in [0.717, 1.165) is 10.0 Å². The lowest BCUT2D eigenvalue weighted by atomic mass is 9.86. The molecular weight excluding hydrogens is 324 g/mol. The number of rotatable bonds is 1. The molecular formula is C19H17BrO. The van der Waals surface area contributed by atoms with E-state index in [1.165, 1.54) is 58.4 Å². The monoisotopic (exact) mass is 340 g/mol. The van der Waals surface area contributed by atoms with E-state index in [0.29, 0.717) is 0 Å². The molecule has 0 atom stereocenters. The van der Waals surface area contributed by atoms with Crippen molar-refractivity contribution in [1.82, 2.24) is 0 Å². The Labute approximate surface area is 132 Å². The van der Waals surface area contributed by atoms with Crippen LogP contribution in [0.3, 0.4) is 0 Å². The summed E-state index contributed by atoms with van der Waals surface area (Å²) in [6, 6.07) is 13.1. The van der Waals surface area contributed by atoms with Gasteiger partial charge in [0.05, 0.1) is 6.61 Å². The van der Waals surface area contributed by atoms with E-state index in [-0.39, 0.29) is 6.61 Å². The molecule has 1 aliphatic carbocycles. The summed E-state index contributed by atoms with van der Waals surface area (Å²) >= 11 is 3.58. The van der Waals surface area contributed by atoms with Crippen molar-refractivity contribution in [1.29, 1.82) is 0 Å². The topological polar surface area (TPSA) is 20.2 Å². The first-order chi connectivity index (χ1) is 10.3. The minimum absolute atomic E-state index is 0.0636. The number of fused-ring (bicyclic) bond motifs is 5. The van der Waals surface area contributed by atoms with Crippen molar-refractivity contribution < 1.29 is 5.11 Å². The highest BCUT2D eigenvalue weighted by molar-refractivity contribution is 9.10. The fourth-order valence-electron chi connectivity index (χ4n) is 3.69. The Morgan fingerprint density at radius 1 is 0.905 bits per heavy atom. The Hall–Kier alpha value is -1.38. The minimum atomic E-state index is 0.0636. The number of aliphatic hydroxyl groups excluding tert-OH is 1. The molecule has 4 rings (SSSR count). The third kappa shape index (κ3) is 2.01. The van der Waals surface area contributed by atoms with Crippen molar-refractivity contribution in [3.8, 4) is 0 Å². The summed E-state index contributed by atoms with van der Waals surface area (Å²) in [6.45, 7) is 0.0636. The van der Waals surface area contributed by atoms with Crippen LogP contribution in [-0.2, 0) is 19.4 Å². The quantitative estimate of drug-likeness (QED) is 0.609. The Bertz CT molecular complexity index is 851. The van der Waals surface area contributed by atoms with Crippen LogP contribution in [0.4, 0.5) is 0 Å². The van der Waals surface area contributed by atoms with Gasteiger partial charge >= 0.3 is 0 Å². The molecule has 0 aliphatic heterocycles. The number of hydrogen-bond donors (Lipinski definition) is 1. The third-order valence-corrected chi connectivity index (χ3v) is 5.46. The van der Waals surface area contributed by atoms with Crippen molar-refractivity contribution in [2.45, 2.75) is 32.3 Å². The summed E-state index contributed by atoms with van der Waals surface area (Å²) in [7, 11) is 0. The van der Waals surface area contributed by atoms with Crippen LogP contribution in [0, 0.1) is 0 Å². The van der Waals surface area contributed by atoms with Crippen LogP contribution < -0.4 is 0 Å². The summed E-state index contributed by atoms with van der Waals surface area (Å²) in [5.74, 6) is 0. The summed E-state index contributed by atoms with van der Waals surface area (Å²) in [5, 5.41) is 14.8. The molecule has 0 fully saturated rings. The minimum Gasteiger partial charge on any atom is -0.392 e. The highest BCUT2D eigenvalue weighted by Gasteiger charge is 2.15. The Morgan fingerprint density at radius 3 is 2.52 bits per heavy atom. The van der Waals surface area contributed by atoms with Crippen molar-refractivity contribution in [2.75, 3.05) is 0 Å². The van der Waals surface area contributed by atoms with Gasteiger partial charge in [0, 0.05) is 10.0 Å². The maximum atomic E-state index is 9.78. The Kier molecular flexibility index (Phi) is 3.24. The van der Waals surface area contributed by atoms with Gasteiger partial charge in [-0.25, -0.2) is 0 Å². The van der Waals surface area contributed by atoms with E-state index >= 15 is 0 Å². The molecule has 1 nitrogen and oxygen atoms in total. The molecule has 0 amide bonds. The molecule has 106 valence electrons. The molecule has 0 unspecified atom stereocenters. The van der Waals surface area contributed by atoms with Crippen molar-refractivity contribution in [2.24, 2.45) is 0 Å². The zero-order valence-corrected chi connectivity index (χ0v) is 13.4. The van der Waals surface area contributed by atoms with Gasteiger partial charge in [0.15, 0.2) is 0 Å². The van der Waals surface area contributed by atoms with E-state index in [4.69, 9.17) is 0 Å². The van der Waals surface area contributed by atoms with Crippen LogP contribution in [0.2, 0.25) is 0 Å². The second kappa shape index (κ2) is 5.11. The lowest BCUT2D eigenvalue weighted by molar-refractivity contribution is 0.282. The molecule has 2 heteroatoms. The molecule has 1 aliphatic rings. The summed E-state index contributed by atoms with van der Waals surface area (Å²) in [6.07, 6.45) is 4.98. The van der Waals surface area contributed by atoms with Gasteiger partial charge in [0.2, 0.25) is 0 Å². The third-order valence-electron chi connectivity index (χ3n) is 4.72. The molecule has 0 radical (unpaired) electrons. The molecule has 3 aromatic carbocycles. The van der Waals surface area contributed by atoms with Crippen LogP contribution >= 0.6 is 15.9 Å². The molecule has 3 aromatic rings. The van der Waals surface area contributed by atoms with E-state index in [1.807, 2.05) is 6.07 Å². The fourth-order valence-corrected chi connectivity index (χ4v) is 4.15. The first-order valence-corrected chi connectivity index (χ1v) is 8.34. The average Bonchev–Trinajstić information content (AvgIpc) is 2.54. The van der Waals surface area contributed by atoms with Gasteiger partial charge < -0.3 is 5.11 Å². The van der Waals surface area contributed by atoms with Crippen molar-refractivity contribution >= 4 is 37.5 Å². The van der Waals surface area contributed by atoms with E-state index in [2.05, 4.69) is 46.3 Å². The van der Waals surface area contributed by atoms with Crippen LogP contribution in [0.15, 0.2) is 40.9 Å². The number of aryl methyl sites for hydroxylation is 2. The number of hydrogen-bond acceptors (Lipinski definition) is 1. The zero-order valence-electron chi connectivity index (χ0n) is 11.8. The first kappa shape index (κ1) is 13.3. The molecule has 0 heterocycles. The van der Waals surface area contributed by atoms with Crippen molar-refractivity contribution in [3.63, 3.8) is 0 Å². The molecule has 0 saturated carbocycles. The first-order valence-electron chi connectivity index (χ1n) is 7.55. The Balaban J connectivity index is 2.16. The SMILES string of the molecule is OCc1c(Br)ccc2ccc3c4c(ccc3c12)CCCC4. The van der Waals surface area contributed by atoms with Gasteiger partial charge in [0.1, 0.15) is 0 Å². The van der Waals surface area contributed by atoms with Gasteiger partial charge in [-0.15, -0.1) is 0 Å². The molecule has 1 N–H and O–H groups in total. The second-order valence-corrected chi connectivity index (χ2v) is 6.71. The lowest BCUT2D eigenvalue weighted by Gasteiger charge is -2.19. The maximum Gasteiger partial charge on any atom is 0.0699 e. The van der Waals surface area contributed by atoms with E-state index in [9.17, 15) is 5.11 Å². The summed E-state index contributed by atoms with van der Waals surface area (Å²) < 4.78 is 0.989. The zero-order chi connectivity index (χ0) is 14.4. The summed E-state index contributed by atoms with van der Waals surface area (Å²) in [5.41, 5.74) is 4.02. The molecule has 0 saturated heterocycles. The highest BCUT2D eigenvalue weighted by Crippen LogP contribution is 2.36. The number of halogens is 1. The maximum absolute atomic E-state index is 9.78. The van der Waals surface area contributed by atoms with Crippen molar-refractivity contribution in [3.05, 3.63) is 57.6 Å². The van der Waals surface area contributed by atoms with Crippen LogP contribution in [0.5, 0.6) is 0 Å². The van der Waals surface area contributed by atoms with Crippen LogP contribution in [-0.4, -0.2) is 5.11 Å². The molecule has 0 bridgehead atoms.